The molecule has 0 spiro atoms. The summed E-state index contributed by atoms with van der Waals surface area (Å²) >= 11 is 0. The first kappa shape index (κ1) is 9.67. The van der Waals surface area contributed by atoms with E-state index in [1.165, 1.54) is 16.8 Å². The van der Waals surface area contributed by atoms with Gasteiger partial charge in [-0.05, 0) is 5.41 Å². The molecule has 0 radical (unpaired) electrons. The van der Waals surface area contributed by atoms with Crippen molar-refractivity contribution in [1.82, 2.24) is 14.3 Å². The van der Waals surface area contributed by atoms with Crippen molar-refractivity contribution < 1.29 is 8.42 Å². The van der Waals surface area contributed by atoms with Crippen LogP contribution in [-0.2, 0) is 10.0 Å². The minimum atomic E-state index is -3.31. The molecule has 78 valence electrons. The van der Waals surface area contributed by atoms with Gasteiger partial charge in [-0.1, -0.05) is 13.8 Å². The number of hydrogen-bond acceptors (Lipinski definition) is 3. The average molecular weight is 215 g/mol. The van der Waals surface area contributed by atoms with Gasteiger partial charge in [-0.25, -0.2) is 13.4 Å². The number of hydrogen-bond donors (Lipinski definition) is 1. The summed E-state index contributed by atoms with van der Waals surface area (Å²) in [5.74, 6) is 0. The Morgan fingerprint density at radius 3 is 2.57 bits per heavy atom. The molecule has 2 heterocycles. The number of imidazole rings is 1. The van der Waals surface area contributed by atoms with Crippen molar-refractivity contribution in [2.75, 3.05) is 13.1 Å². The maximum absolute atomic E-state index is 11.8. The molecular formula is C8H13N3O2S. The Hall–Kier alpha value is -0.880. The minimum Gasteiger partial charge on any atom is -0.335 e. The molecule has 0 aliphatic carbocycles. The van der Waals surface area contributed by atoms with Gasteiger partial charge in [0, 0.05) is 13.1 Å². The van der Waals surface area contributed by atoms with Crippen molar-refractivity contribution in [3.8, 4) is 0 Å². The lowest BCUT2D eigenvalue weighted by Gasteiger charge is -2.44. The fourth-order valence-corrected chi connectivity index (χ4v) is 3.31. The Morgan fingerprint density at radius 1 is 1.50 bits per heavy atom. The number of aromatic nitrogens is 2. The molecule has 1 aromatic rings. The lowest BCUT2D eigenvalue weighted by molar-refractivity contribution is 0.111. The van der Waals surface area contributed by atoms with Crippen molar-refractivity contribution in [1.29, 1.82) is 0 Å². The maximum atomic E-state index is 11.8. The molecule has 0 bridgehead atoms. The van der Waals surface area contributed by atoms with Crippen LogP contribution in [0.15, 0.2) is 17.6 Å². The average Bonchev–Trinajstić information content (AvgIpc) is 2.51. The van der Waals surface area contributed by atoms with Gasteiger partial charge < -0.3 is 4.98 Å². The largest absolute Gasteiger partial charge is 0.335 e. The predicted octanol–water partition coefficient (Wildman–Crippen LogP) is 0.440. The summed E-state index contributed by atoms with van der Waals surface area (Å²) in [5, 5.41) is 0.174. The zero-order chi connectivity index (χ0) is 10.4. The molecule has 1 fully saturated rings. The van der Waals surface area contributed by atoms with Crippen LogP contribution in [-0.4, -0.2) is 35.8 Å². The molecule has 0 atom stereocenters. The maximum Gasteiger partial charge on any atom is 0.260 e. The Bertz CT molecular complexity index is 413. The molecule has 0 aromatic carbocycles. The van der Waals surface area contributed by atoms with Crippen LogP contribution in [0.5, 0.6) is 0 Å². The second-order valence-corrected chi connectivity index (χ2v) is 6.26. The molecule has 1 aromatic heterocycles. The zero-order valence-corrected chi connectivity index (χ0v) is 9.00. The Morgan fingerprint density at radius 2 is 2.14 bits per heavy atom. The van der Waals surface area contributed by atoms with Crippen molar-refractivity contribution >= 4 is 10.0 Å². The third-order valence-corrected chi connectivity index (χ3v) is 4.02. The molecule has 0 unspecified atom stereocenters. The van der Waals surface area contributed by atoms with E-state index < -0.39 is 10.0 Å². The second kappa shape index (κ2) is 2.80. The van der Waals surface area contributed by atoms with Gasteiger partial charge in [-0.3, -0.25) is 0 Å². The summed E-state index contributed by atoms with van der Waals surface area (Å²) in [6, 6.07) is 0. The van der Waals surface area contributed by atoms with E-state index in [9.17, 15) is 8.42 Å². The zero-order valence-electron chi connectivity index (χ0n) is 8.19. The topological polar surface area (TPSA) is 66.1 Å². The molecule has 1 aliphatic rings. The van der Waals surface area contributed by atoms with Crippen molar-refractivity contribution in [2.45, 2.75) is 18.9 Å². The Balaban J connectivity index is 2.21. The van der Waals surface area contributed by atoms with Crippen LogP contribution in [0.1, 0.15) is 13.8 Å². The summed E-state index contributed by atoms with van der Waals surface area (Å²) in [6.45, 7) is 5.25. The van der Waals surface area contributed by atoms with E-state index in [0.717, 1.165) is 0 Å². The van der Waals surface area contributed by atoms with Crippen LogP contribution >= 0.6 is 0 Å². The van der Waals surface area contributed by atoms with Gasteiger partial charge in [0.1, 0.15) is 0 Å². The monoisotopic (exact) mass is 215 g/mol. The second-order valence-electron chi connectivity index (χ2n) is 4.35. The molecule has 1 aliphatic heterocycles. The van der Waals surface area contributed by atoms with E-state index in [1.54, 1.807) is 0 Å². The molecule has 0 amide bonds. The van der Waals surface area contributed by atoms with Crippen LogP contribution in [0, 0.1) is 5.41 Å². The normalized spacial score (nSPS) is 21.9. The molecule has 6 heteroatoms. The van der Waals surface area contributed by atoms with E-state index in [1.807, 2.05) is 13.8 Å². The summed E-state index contributed by atoms with van der Waals surface area (Å²) in [4.78, 5) is 6.32. The number of H-pyrrole nitrogens is 1. The van der Waals surface area contributed by atoms with Gasteiger partial charge in [-0.15, -0.1) is 0 Å². The first-order valence-corrected chi connectivity index (χ1v) is 5.84. The Kier molecular flexibility index (Phi) is 1.94. The first-order valence-electron chi connectivity index (χ1n) is 4.40. The first-order chi connectivity index (χ1) is 6.42. The smallest absolute Gasteiger partial charge is 0.260 e. The van der Waals surface area contributed by atoms with Crippen LogP contribution in [0.4, 0.5) is 0 Å². The summed E-state index contributed by atoms with van der Waals surface area (Å²) < 4.78 is 25.1. The number of rotatable bonds is 2. The lowest BCUT2D eigenvalue weighted by Crippen LogP contribution is -2.55. The van der Waals surface area contributed by atoms with Gasteiger partial charge in [0.05, 0.1) is 12.5 Å². The summed E-state index contributed by atoms with van der Waals surface area (Å²) in [5.41, 5.74) is 0.104. The molecule has 0 saturated carbocycles. The minimum absolute atomic E-state index is 0.104. The lowest BCUT2D eigenvalue weighted by atomic mass is 9.87. The van der Waals surface area contributed by atoms with E-state index in [-0.39, 0.29) is 10.4 Å². The summed E-state index contributed by atoms with van der Waals surface area (Å²) in [7, 11) is -3.31. The van der Waals surface area contributed by atoms with Crippen LogP contribution in [0.3, 0.4) is 0 Å². The van der Waals surface area contributed by atoms with Crippen LogP contribution in [0.25, 0.3) is 0 Å². The fourth-order valence-electron chi connectivity index (χ4n) is 1.60. The van der Waals surface area contributed by atoms with Crippen molar-refractivity contribution in [2.24, 2.45) is 5.41 Å². The number of sulfonamides is 1. The third-order valence-electron chi connectivity index (χ3n) is 2.30. The fraction of sp³-hybridized carbons (Fsp3) is 0.625. The van der Waals surface area contributed by atoms with Gasteiger partial charge >= 0.3 is 0 Å². The summed E-state index contributed by atoms with van der Waals surface area (Å²) in [6.07, 6.45) is 2.71. The van der Waals surface area contributed by atoms with Crippen LogP contribution in [0.2, 0.25) is 0 Å². The van der Waals surface area contributed by atoms with Gasteiger partial charge in [0.25, 0.3) is 10.0 Å². The van der Waals surface area contributed by atoms with E-state index in [4.69, 9.17) is 0 Å². The standard InChI is InChI=1S/C8H13N3O2S/c1-8(2)4-11(5-8)14(12,13)7-3-9-6-10-7/h3,6H,4-5H2,1-2H3,(H,9,10). The molecule has 2 rings (SSSR count). The molecule has 1 N–H and O–H groups in total. The van der Waals surface area contributed by atoms with E-state index in [0.29, 0.717) is 13.1 Å². The molecule has 14 heavy (non-hydrogen) atoms. The van der Waals surface area contributed by atoms with Crippen molar-refractivity contribution in [3.05, 3.63) is 12.5 Å². The van der Waals surface area contributed by atoms with E-state index in [2.05, 4.69) is 9.97 Å². The number of aromatic amines is 1. The molecule has 1 saturated heterocycles. The number of nitrogens with zero attached hydrogens (tertiary/aromatic N) is 2. The van der Waals surface area contributed by atoms with Gasteiger partial charge in [0.2, 0.25) is 0 Å². The highest BCUT2D eigenvalue weighted by molar-refractivity contribution is 7.89. The van der Waals surface area contributed by atoms with Crippen LogP contribution < -0.4 is 0 Å². The highest BCUT2D eigenvalue weighted by atomic mass is 32.2. The van der Waals surface area contributed by atoms with Gasteiger partial charge in [0.15, 0.2) is 5.03 Å². The third kappa shape index (κ3) is 1.44. The number of nitrogens with one attached hydrogen (secondary N) is 1. The van der Waals surface area contributed by atoms with E-state index >= 15 is 0 Å². The SMILES string of the molecule is CC1(C)CN(S(=O)(=O)c2cnc[nH]2)C1. The Labute approximate surface area is 83.2 Å². The quantitative estimate of drug-likeness (QED) is 0.778. The molecule has 5 nitrogen and oxygen atoms in total. The highest BCUT2D eigenvalue weighted by Crippen LogP contribution is 2.32. The van der Waals surface area contributed by atoms with Gasteiger partial charge in [-0.2, -0.15) is 4.31 Å². The molecular weight excluding hydrogens is 202 g/mol. The highest BCUT2D eigenvalue weighted by Gasteiger charge is 2.42. The predicted molar refractivity (Wildman–Crippen MR) is 51.1 cm³/mol. The van der Waals surface area contributed by atoms with Crippen molar-refractivity contribution in [3.63, 3.8) is 0 Å².